The van der Waals surface area contributed by atoms with Gasteiger partial charge < -0.3 is 64.2 Å². The zero-order chi connectivity index (χ0) is 49.6. The summed E-state index contributed by atoms with van der Waals surface area (Å²) in [5, 5.41) is 72.1. The van der Waals surface area contributed by atoms with Gasteiger partial charge in [-0.25, -0.2) is 0 Å². The molecule has 68 heavy (non-hydrogen) atoms. The Morgan fingerprint density at radius 1 is 0.471 bits per heavy atom. The number of hydrogen-bond acceptors (Lipinski definition) is 15. The topological polar surface area (TPSA) is 231 Å². The molecule has 2 fully saturated rings. The Labute approximate surface area is 408 Å². The summed E-state index contributed by atoms with van der Waals surface area (Å²) in [5.74, 6) is -1.01. The van der Waals surface area contributed by atoms with Crippen molar-refractivity contribution in [2.75, 3.05) is 26.4 Å². The fourth-order valence-corrected chi connectivity index (χ4v) is 7.93. The van der Waals surface area contributed by atoms with E-state index in [0.717, 1.165) is 38.5 Å². The van der Waals surface area contributed by atoms with Gasteiger partial charge in [0.1, 0.15) is 55.4 Å². The molecule has 0 saturated carbocycles. The number of unbranched alkanes of at least 4 members (excludes halogenated alkanes) is 18. The number of rotatable bonds is 40. The van der Waals surface area contributed by atoms with Gasteiger partial charge in [-0.1, -0.05) is 146 Å². The summed E-state index contributed by atoms with van der Waals surface area (Å²) < 4.78 is 33.5. The molecule has 2 aliphatic rings. The fourth-order valence-electron chi connectivity index (χ4n) is 7.93. The highest BCUT2D eigenvalue weighted by Crippen LogP contribution is 2.26. The van der Waals surface area contributed by atoms with Crippen LogP contribution in [0.3, 0.4) is 0 Å². The molecule has 7 N–H and O–H groups in total. The molecule has 2 rings (SSSR count). The third-order valence-corrected chi connectivity index (χ3v) is 12.3. The van der Waals surface area contributed by atoms with E-state index < -0.39 is 99.3 Å². The molecule has 15 nitrogen and oxygen atoms in total. The summed E-state index contributed by atoms with van der Waals surface area (Å²) in [7, 11) is 0. The van der Waals surface area contributed by atoms with Gasteiger partial charge in [-0.05, 0) is 70.6 Å². The van der Waals surface area contributed by atoms with Crippen molar-refractivity contribution in [3.05, 3.63) is 48.6 Å². The largest absolute Gasteiger partial charge is 0.462 e. The normalized spacial score (nSPS) is 26.1. The van der Waals surface area contributed by atoms with E-state index >= 15 is 0 Å². The average Bonchev–Trinajstić information content (AvgIpc) is 3.33. The van der Waals surface area contributed by atoms with Crippen LogP contribution in [0.25, 0.3) is 0 Å². The molecule has 2 saturated heterocycles. The van der Waals surface area contributed by atoms with E-state index in [2.05, 4.69) is 56.4 Å². The average molecular weight is 969 g/mol. The third kappa shape index (κ3) is 27.7. The highest BCUT2D eigenvalue weighted by Gasteiger charge is 2.47. The Bertz CT molecular complexity index is 1370. The molecule has 0 spiro atoms. The predicted molar refractivity (Wildman–Crippen MR) is 261 cm³/mol. The van der Waals surface area contributed by atoms with Gasteiger partial charge in [-0.2, -0.15) is 0 Å². The molecule has 2 heterocycles. The molecule has 0 aromatic carbocycles. The van der Waals surface area contributed by atoms with Gasteiger partial charge in [0.15, 0.2) is 18.7 Å². The molecule has 0 aliphatic carbocycles. The summed E-state index contributed by atoms with van der Waals surface area (Å²) in [5.41, 5.74) is 0. The van der Waals surface area contributed by atoms with Crippen molar-refractivity contribution in [2.24, 2.45) is 0 Å². The summed E-state index contributed by atoms with van der Waals surface area (Å²) in [6.07, 6.45) is 27.2. The van der Waals surface area contributed by atoms with Crippen molar-refractivity contribution in [1.82, 2.24) is 0 Å². The lowest BCUT2D eigenvalue weighted by Crippen LogP contribution is -2.61. The molecule has 15 heteroatoms. The first-order valence-corrected chi connectivity index (χ1v) is 26.2. The molecule has 0 bridgehead atoms. The number of aliphatic hydroxyl groups excluding tert-OH is 7. The maximum absolute atomic E-state index is 13.0. The van der Waals surface area contributed by atoms with Crippen molar-refractivity contribution in [3.63, 3.8) is 0 Å². The van der Waals surface area contributed by atoms with Crippen LogP contribution in [-0.2, 0) is 38.0 Å². The van der Waals surface area contributed by atoms with Crippen molar-refractivity contribution < 1.29 is 73.8 Å². The van der Waals surface area contributed by atoms with Gasteiger partial charge in [0.2, 0.25) is 0 Å². The van der Waals surface area contributed by atoms with Crippen LogP contribution in [0.4, 0.5) is 0 Å². The molecule has 11 atom stereocenters. The Morgan fingerprint density at radius 3 is 1.44 bits per heavy atom. The minimum absolute atomic E-state index is 0.124. The number of ether oxygens (including phenoxy) is 6. The van der Waals surface area contributed by atoms with Gasteiger partial charge in [-0.3, -0.25) is 9.59 Å². The Hall–Kier alpha value is -2.54. The first-order chi connectivity index (χ1) is 33.0. The molecule has 0 aromatic rings. The van der Waals surface area contributed by atoms with Crippen LogP contribution in [0.15, 0.2) is 48.6 Å². The van der Waals surface area contributed by atoms with E-state index in [1.54, 1.807) is 0 Å². The van der Waals surface area contributed by atoms with Gasteiger partial charge in [-0.15, -0.1) is 0 Å². The number of esters is 2. The summed E-state index contributed by atoms with van der Waals surface area (Å²) in [4.78, 5) is 25.7. The lowest BCUT2D eigenvalue weighted by atomic mass is 9.98. The van der Waals surface area contributed by atoms with Crippen molar-refractivity contribution in [1.29, 1.82) is 0 Å². The van der Waals surface area contributed by atoms with Crippen LogP contribution < -0.4 is 0 Å². The standard InChI is InChI=1S/C53H92O15/c1-3-5-7-9-11-13-15-17-19-20-22-23-25-27-29-31-33-35-44(55)63-38-41(66-45(56)36-34-32-30-28-26-24-21-18-16-14-12-10-8-6-4-2)39-64-52-51(62)49(60)47(58)43(68-52)40-65-53-50(61)48(59)46(57)42(37-54)67-53/h17,19,22-23,26-29,41-43,46-54,57-62H,3-16,18,20-21,24-25,30-40H2,1-2H3/b19-17+,23-22+,28-26+,29-27+/t41-,42+,43+,46-,47-,48?,49?,50?,51?,52+,53+/m0/s1. The van der Waals surface area contributed by atoms with E-state index in [0.29, 0.717) is 19.3 Å². The van der Waals surface area contributed by atoms with Crippen molar-refractivity contribution in [2.45, 2.75) is 248 Å². The van der Waals surface area contributed by atoms with Gasteiger partial charge in [0.05, 0.1) is 19.8 Å². The summed E-state index contributed by atoms with van der Waals surface area (Å²) >= 11 is 0. The maximum atomic E-state index is 13.0. The first kappa shape index (κ1) is 61.6. The van der Waals surface area contributed by atoms with Crippen LogP contribution in [0, 0.1) is 0 Å². The van der Waals surface area contributed by atoms with Crippen LogP contribution in [0.2, 0.25) is 0 Å². The molecular formula is C53H92O15. The first-order valence-electron chi connectivity index (χ1n) is 26.2. The number of carbonyl (C=O) groups excluding carboxylic acids is 2. The van der Waals surface area contributed by atoms with Crippen molar-refractivity contribution in [3.8, 4) is 0 Å². The van der Waals surface area contributed by atoms with Crippen LogP contribution >= 0.6 is 0 Å². The smallest absolute Gasteiger partial charge is 0.306 e. The molecule has 4 unspecified atom stereocenters. The zero-order valence-electron chi connectivity index (χ0n) is 41.6. The number of carbonyl (C=O) groups is 2. The van der Waals surface area contributed by atoms with E-state index in [1.807, 2.05) is 6.08 Å². The second kappa shape index (κ2) is 40.1. The lowest BCUT2D eigenvalue weighted by Gasteiger charge is -2.42. The third-order valence-electron chi connectivity index (χ3n) is 12.3. The number of aliphatic hydroxyl groups is 7. The summed E-state index contributed by atoms with van der Waals surface area (Å²) in [6, 6.07) is 0. The van der Waals surface area contributed by atoms with Crippen LogP contribution in [0.5, 0.6) is 0 Å². The molecule has 0 aromatic heterocycles. The Kier molecular flexibility index (Phi) is 36.3. The predicted octanol–water partition coefficient (Wildman–Crippen LogP) is 7.49. The van der Waals surface area contributed by atoms with Gasteiger partial charge in [0, 0.05) is 12.8 Å². The minimum atomic E-state index is -1.78. The summed E-state index contributed by atoms with van der Waals surface area (Å²) in [6.45, 7) is 2.51. The van der Waals surface area contributed by atoms with Crippen molar-refractivity contribution >= 4 is 11.9 Å². The monoisotopic (exact) mass is 969 g/mol. The molecule has 2 aliphatic heterocycles. The molecule has 0 amide bonds. The molecular weight excluding hydrogens is 877 g/mol. The van der Waals surface area contributed by atoms with Gasteiger partial charge >= 0.3 is 11.9 Å². The van der Waals surface area contributed by atoms with Gasteiger partial charge in [0.25, 0.3) is 0 Å². The van der Waals surface area contributed by atoms with E-state index in [-0.39, 0.29) is 19.4 Å². The van der Waals surface area contributed by atoms with E-state index in [1.165, 1.54) is 96.3 Å². The number of allylic oxidation sites excluding steroid dienone is 8. The van der Waals surface area contributed by atoms with Crippen LogP contribution in [-0.4, -0.2) is 142 Å². The Balaban J connectivity index is 1.84. The maximum Gasteiger partial charge on any atom is 0.306 e. The minimum Gasteiger partial charge on any atom is -0.462 e. The fraction of sp³-hybridized carbons (Fsp3) is 0.811. The molecule has 394 valence electrons. The zero-order valence-corrected chi connectivity index (χ0v) is 41.6. The second-order valence-electron chi connectivity index (χ2n) is 18.3. The quantitative estimate of drug-likeness (QED) is 0.0179. The Morgan fingerprint density at radius 2 is 0.897 bits per heavy atom. The number of hydrogen-bond donors (Lipinski definition) is 7. The van der Waals surface area contributed by atoms with E-state index in [4.69, 9.17) is 28.4 Å². The highest BCUT2D eigenvalue weighted by atomic mass is 16.7. The SMILES string of the molecule is CCCCCCCC/C=C/C/C=C/C/C=C/CCCC(=O)OC[C@@H](CO[C@@H]1O[C@H](CO[C@@H]2O[C@H](CO)[C@H](O)C(O)C2O)[C@H](O)C(O)C1O)OC(=O)CCCC/C=C/CCCCCCCCCCC. The van der Waals surface area contributed by atoms with Crippen LogP contribution in [0.1, 0.15) is 181 Å². The lowest BCUT2D eigenvalue weighted by molar-refractivity contribution is -0.332. The van der Waals surface area contributed by atoms with E-state index in [9.17, 15) is 45.3 Å². The second-order valence-corrected chi connectivity index (χ2v) is 18.3. The molecule has 0 radical (unpaired) electrons. The highest BCUT2D eigenvalue weighted by molar-refractivity contribution is 5.70.